The molecule has 7 nitrogen and oxygen atoms in total. The quantitative estimate of drug-likeness (QED) is 0.789. The summed E-state index contributed by atoms with van der Waals surface area (Å²) in [5, 5.41) is 12.8. The number of likely N-dealkylation sites (tertiary alicyclic amines) is 1. The summed E-state index contributed by atoms with van der Waals surface area (Å²) in [7, 11) is 3.34. The molecule has 0 aromatic heterocycles. The number of carbonyl (C=O) groups is 2. The molecule has 28 heavy (non-hydrogen) atoms. The molecule has 10 heteroatoms. The van der Waals surface area contributed by atoms with E-state index < -0.39 is 12.5 Å². The number of nitrogens with one attached hydrogen (secondary N) is 1. The molecule has 1 saturated heterocycles. The number of aliphatic hydroxyl groups is 1. The highest BCUT2D eigenvalue weighted by atomic mass is 19.4. The second-order valence-corrected chi connectivity index (χ2v) is 6.82. The molecule has 3 amide bonds. The molecule has 1 heterocycles. The fourth-order valence-electron chi connectivity index (χ4n) is 2.97. The zero-order chi connectivity index (χ0) is 20.9. The molecule has 2 rings (SSSR count). The van der Waals surface area contributed by atoms with E-state index in [0.29, 0.717) is 31.5 Å². The zero-order valence-electron chi connectivity index (χ0n) is 15.7. The Labute approximate surface area is 161 Å². The minimum Gasteiger partial charge on any atom is -0.406 e. The van der Waals surface area contributed by atoms with Crippen LogP contribution in [-0.4, -0.2) is 66.9 Å². The summed E-state index contributed by atoms with van der Waals surface area (Å²) in [5.41, 5.74) is 0.362. The van der Waals surface area contributed by atoms with Crippen LogP contribution in [-0.2, 0) is 4.79 Å². The highest BCUT2D eigenvalue weighted by Gasteiger charge is 2.31. The average Bonchev–Trinajstić information content (AvgIpc) is 2.64. The van der Waals surface area contributed by atoms with Crippen molar-refractivity contribution < 1.29 is 32.6 Å². The van der Waals surface area contributed by atoms with E-state index in [-0.39, 0.29) is 30.2 Å². The average molecular weight is 403 g/mol. The lowest BCUT2D eigenvalue weighted by molar-refractivity contribution is -0.274. The smallest absolute Gasteiger partial charge is 0.406 e. The number of hydrogen-bond donors (Lipinski definition) is 2. The zero-order valence-corrected chi connectivity index (χ0v) is 15.7. The van der Waals surface area contributed by atoms with E-state index in [4.69, 9.17) is 0 Å². The van der Waals surface area contributed by atoms with Crippen LogP contribution in [0.3, 0.4) is 0 Å². The van der Waals surface area contributed by atoms with Gasteiger partial charge in [-0.1, -0.05) is 12.1 Å². The molecule has 1 atom stereocenters. The van der Waals surface area contributed by atoms with Gasteiger partial charge in [0.2, 0.25) is 5.91 Å². The SMILES string of the molecule is CN(C)C(=O)N1CCC(C(=O)NCC(O)c2ccc(OC(F)(F)F)cc2)CC1. The Morgan fingerprint density at radius 3 is 2.32 bits per heavy atom. The number of urea groups is 1. The molecular weight excluding hydrogens is 379 g/mol. The van der Waals surface area contributed by atoms with Gasteiger partial charge < -0.3 is 25.0 Å². The van der Waals surface area contributed by atoms with Crippen LogP contribution in [0.2, 0.25) is 0 Å². The normalized spacial score (nSPS) is 16.4. The summed E-state index contributed by atoms with van der Waals surface area (Å²) in [5.74, 6) is -0.847. The van der Waals surface area contributed by atoms with Crippen LogP contribution in [0.1, 0.15) is 24.5 Å². The van der Waals surface area contributed by atoms with Crippen molar-refractivity contribution in [2.75, 3.05) is 33.7 Å². The van der Waals surface area contributed by atoms with Gasteiger partial charge in [-0.3, -0.25) is 4.79 Å². The number of benzene rings is 1. The summed E-state index contributed by atoms with van der Waals surface area (Å²) < 4.78 is 40.2. The van der Waals surface area contributed by atoms with Gasteiger partial charge in [0.05, 0.1) is 6.10 Å². The third-order valence-corrected chi connectivity index (χ3v) is 4.49. The molecule has 0 spiro atoms. The Morgan fingerprint density at radius 2 is 1.82 bits per heavy atom. The number of piperidine rings is 1. The van der Waals surface area contributed by atoms with Crippen molar-refractivity contribution in [1.82, 2.24) is 15.1 Å². The first-order valence-electron chi connectivity index (χ1n) is 8.84. The van der Waals surface area contributed by atoms with Gasteiger partial charge in [-0.15, -0.1) is 13.2 Å². The topological polar surface area (TPSA) is 82.1 Å². The molecule has 0 bridgehead atoms. The lowest BCUT2D eigenvalue weighted by atomic mass is 9.96. The number of carbonyl (C=O) groups excluding carboxylic acids is 2. The van der Waals surface area contributed by atoms with Crippen LogP contribution in [0.15, 0.2) is 24.3 Å². The number of nitrogens with zero attached hydrogens (tertiary/aromatic N) is 2. The Kier molecular flexibility index (Phi) is 7.11. The number of alkyl halides is 3. The molecule has 0 radical (unpaired) electrons. The molecule has 1 aliphatic heterocycles. The number of aliphatic hydroxyl groups excluding tert-OH is 1. The molecule has 0 saturated carbocycles. The van der Waals surface area contributed by atoms with E-state index in [0.717, 1.165) is 12.1 Å². The summed E-state index contributed by atoms with van der Waals surface area (Å²) in [6.07, 6.45) is -4.77. The van der Waals surface area contributed by atoms with Crippen LogP contribution in [0.25, 0.3) is 0 Å². The molecular formula is C18H24F3N3O4. The predicted octanol–water partition coefficient (Wildman–Crippen LogP) is 2.13. The van der Waals surface area contributed by atoms with Crippen LogP contribution >= 0.6 is 0 Å². The van der Waals surface area contributed by atoms with Gasteiger partial charge in [0, 0.05) is 39.6 Å². The molecule has 1 fully saturated rings. The van der Waals surface area contributed by atoms with E-state index in [1.165, 1.54) is 17.0 Å². The minimum absolute atomic E-state index is 0.0604. The van der Waals surface area contributed by atoms with Crippen molar-refractivity contribution in [3.8, 4) is 5.75 Å². The number of amides is 3. The van der Waals surface area contributed by atoms with Crippen molar-refractivity contribution in [3.63, 3.8) is 0 Å². The van der Waals surface area contributed by atoms with Gasteiger partial charge in [0.1, 0.15) is 5.75 Å². The first-order valence-corrected chi connectivity index (χ1v) is 8.84. The van der Waals surface area contributed by atoms with Gasteiger partial charge in [0.15, 0.2) is 0 Å². The van der Waals surface area contributed by atoms with Crippen molar-refractivity contribution in [3.05, 3.63) is 29.8 Å². The third kappa shape index (κ3) is 6.29. The highest BCUT2D eigenvalue weighted by molar-refractivity contribution is 5.79. The fourth-order valence-corrected chi connectivity index (χ4v) is 2.97. The molecule has 1 aromatic carbocycles. The van der Waals surface area contributed by atoms with Crippen LogP contribution in [0, 0.1) is 5.92 Å². The third-order valence-electron chi connectivity index (χ3n) is 4.49. The van der Waals surface area contributed by atoms with E-state index in [9.17, 15) is 27.9 Å². The highest BCUT2D eigenvalue weighted by Crippen LogP contribution is 2.24. The predicted molar refractivity (Wildman–Crippen MR) is 94.5 cm³/mol. The van der Waals surface area contributed by atoms with Gasteiger partial charge >= 0.3 is 12.4 Å². The standard InChI is InChI=1S/C18H24F3N3O4/c1-23(2)17(27)24-9-7-13(8-10-24)16(26)22-11-15(25)12-3-5-14(6-4-12)28-18(19,20)21/h3-6,13,15,25H,7-11H2,1-2H3,(H,22,26). The van der Waals surface area contributed by atoms with Crippen LogP contribution in [0.4, 0.5) is 18.0 Å². The van der Waals surface area contributed by atoms with Crippen molar-refractivity contribution in [2.45, 2.75) is 25.3 Å². The summed E-state index contributed by atoms with van der Waals surface area (Å²) in [6.45, 7) is 0.909. The maximum absolute atomic E-state index is 12.3. The van der Waals surface area contributed by atoms with Crippen molar-refractivity contribution >= 4 is 11.9 Å². The molecule has 1 aromatic rings. The number of rotatable bonds is 5. The van der Waals surface area contributed by atoms with E-state index in [2.05, 4.69) is 10.1 Å². The van der Waals surface area contributed by atoms with E-state index in [1.807, 2.05) is 0 Å². The second-order valence-electron chi connectivity index (χ2n) is 6.82. The maximum Gasteiger partial charge on any atom is 0.573 e. The second kappa shape index (κ2) is 9.13. The summed E-state index contributed by atoms with van der Waals surface area (Å²) >= 11 is 0. The van der Waals surface area contributed by atoms with Crippen molar-refractivity contribution in [2.24, 2.45) is 5.92 Å². The van der Waals surface area contributed by atoms with E-state index >= 15 is 0 Å². The Hall–Kier alpha value is -2.49. The molecule has 2 N–H and O–H groups in total. The Bertz CT molecular complexity index is 672. The largest absolute Gasteiger partial charge is 0.573 e. The van der Waals surface area contributed by atoms with Crippen LogP contribution < -0.4 is 10.1 Å². The number of hydrogen-bond acceptors (Lipinski definition) is 4. The summed E-state index contributed by atoms with van der Waals surface area (Å²) in [4.78, 5) is 27.3. The minimum atomic E-state index is -4.78. The summed E-state index contributed by atoms with van der Waals surface area (Å²) in [6, 6.07) is 4.73. The first kappa shape index (κ1) is 21.8. The van der Waals surface area contributed by atoms with Gasteiger partial charge in [0.25, 0.3) is 0 Å². The van der Waals surface area contributed by atoms with Gasteiger partial charge in [-0.2, -0.15) is 0 Å². The van der Waals surface area contributed by atoms with Crippen LogP contribution in [0.5, 0.6) is 5.75 Å². The Morgan fingerprint density at radius 1 is 1.25 bits per heavy atom. The lowest BCUT2D eigenvalue weighted by Gasteiger charge is -2.33. The molecule has 1 aliphatic rings. The van der Waals surface area contributed by atoms with Gasteiger partial charge in [-0.25, -0.2) is 4.79 Å². The Balaban J connectivity index is 1.79. The van der Waals surface area contributed by atoms with Gasteiger partial charge in [-0.05, 0) is 30.5 Å². The first-order chi connectivity index (χ1) is 13.1. The monoisotopic (exact) mass is 403 g/mol. The fraction of sp³-hybridized carbons (Fsp3) is 0.556. The maximum atomic E-state index is 12.3. The molecule has 1 unspecified atom stereocenters. The molecule has 156 valence electrons. The van der Waals surface area contributed by atoms with E-state index in [1.54, 1.807) is 19.0 Å². The lowest BCUT2D eigenvalue weighted by Crippen LogP contribution is -2.46. The van der Waals surface area contributed by atoms with Crippen molar-refractivity contribution in [1.29, 1.82) is 0 Å². The number of halogens is 3. The number of ether oxygens (including phenoxy) is 1. The molecule has 0 aliphatic carbocycles.